The molecule has 0 saturated carbocycles. The van der Waals surface area contributed by atoms with E-state index in [1.165, 1.54) is 93.1 Å². The summed E-state index contributed by atoms with van der Waals surface area (Å²) in [7, 11) is -1.65. The van der Waals surface area contributed by atoms with E-state index in [4.69, 9.17) is 22.2 Å². The van der Waals surface area contributed by atoms with Crippen LogP contribution in [-0.4, -0.2) is 60.4 Å². The van der Waals surface area contributed by atoms with Gasteiger partial charge in [0.05, 0.1) is 64.7 Å². The van der Waals surface area contributed by atoms with Crippen LogP contribution in [0, 0.1) is 25.2 Å². The molecule has 0 aliphatic heterocycles. The van der Waals surface area contributed by atoms with Crippen LogP contribution in [0.15, 0.2) is 117 Å². The van der Waals surface area contributed by atoms with Crippen molar-refractivity contribution < 1.29 is 58.9 Å². The molecular formula is C44H43N7O13S4. The number of carbonyl (C=O) groups excluding carboxylic acids is 1. The minimum absolute atomic E-state index is 0.0115. The molecule has 68 heavy (non-hydrogen) atoms. The number of aryl methyl sites for hydroxylation is 2. The fourth-order valence-electron chi connectivity index (χ4n) is 6.04. The number of aromatic hydroxyl groups is 2. The number of phenolic OH excluding ortho intramolecular Hbond substituents is 2. The van der Waals surface area contributed by atoms with Crippen LogP contribution in [0.3, 0.4) is 0 Å². The van der Waals surface area contributed by atoms with Gasteiger partial charge in [0.2, 0.25) is 5.91 Å². The number of hydrogen-bond acceptors (Lipinski definition) is 17. The van der Waals surface area contributed by atoms with Crippen molar-refractivity contribution in [1.29, 1.82) is 5.26 Å². The highest BCUT2D eigenvalue weighted by Gasteiger charge is 2.22. The number of nitrogens with one attached hydrogen (secondary N) is 4. The molecule has 2 unspecified atom stereocenters. The quantitative estimate of drug-likeness (QED) is 0.00924. The third kappa shape index (κ3) is 12.9. The molecule has 0 heterocycles. The molecule has 6 rings (SSSR count). The smallest absolute Gasteiger partial charge is 0.316 e. The van der Waals surface area contributed by atoms with Gasteiger partial charge < -0.3 is 33.4 Å². The van der Waals surface area contributed by atoms with E-state index in [1.807, 2.05) is 19.9 Å². The van der Waals surface area contributed by atoms with Crippen molar-refractivity contribution in [3.63, 3.8) is 0 Å². The molecule has 0 aliphatic carbocycles. The monoisotopic (exact) mass is 1010 g/mol. The third-order valence-electron chi connectivity index (χ3n) is 9.45. The Morgan fingerprint density at radius 3 is 2.31 bits per heavy atom. The molecule has 6 N–H and O–H groups in total. The maximum atomic E-state index is 14.0. The van der Waals surface area contributed by atoms with Gasteiger partial charge in [-0.3, -0.25) is 19.0 Å². The molecular weight excluding hydrogens is 963 g/mol. The van der Waals surface area contributed by atoms with Gasteiger partial charge in [-0.25, -0.2) is 13.3 Å². The molecule has 0 aromatic heterocycles. The first-order chi connectivity index (χ1) is 32.6. The molecule has 0 fully saturated rings. The van der Waals surface area contributed by atoms with Crippen LogP contribution < -0.4 is 32.6 Å². The summed E-state index contributed by atoms with van der Waals surface area (Å²) in [5.41, 5.74) is 2.19. The molecule has 2 atom stereocenters. The topological polar surface area (TPSA) is 278 Å². The van der Waals surface area contributed by atoms with Crippen LogP contribution in [0.5, 0.6) is 28.7 Å². The Hall–Kier alpha value is -6.98. The first kappa shape index (κ1) is 50.4. The molecule has 0 saturated heterocycles. The number of amides is 1. The second kappa shape index (κ2) is 23.2. The average molecular weight is 1010 g/mol. The van der Waals surface area contributed by atoms with E-state index in [0.29, 0.717) is 4.90 Å². The second-order valence-electron chi connectivity index (χ2n) is 14.1. The fraction of sp³-hybridized carbons (Fsp3) is 0.182. The van der Waals surface area contributed by atoms with Crippen molar-refractivity contribution >= 4 is 95.4 Å². The number of sulfonamides is 1. The van der Waals surface area contributed by atoms with E-state index in [0.717, 1.165) is 29.2 Å². The molecule has 1 amide bonds. The molecule has 0 bridgehead atoms. The van der Waals surface area contributed by atoms with Crippen molar-refractivity contribution in [1.82, 2.24) is 0 Å². The number of nitrogens with zero attached hydrogens (tertiary/aromatic N) is 3. The number of nitriles is 1. The highest BCUT2D eigenvalue weighted by atomic mass is 32.2. The van der Waals surface area contributed by atoms with Crippen LogP contribution in [0.2, 0.25) is 0 Å². The van der Waals surface area contributed by atoms with Crippen molar-refractivity contribution in [3.05, 3.63) is 114 Å². The van der Waals surface area contributed by atoms with Crippen LogP contribution in [0.4, 0.5) is 34.1 Å². The summed E-state index contributed by atoms with van der Waals surface area (Å²) in [5.74, 6) is -0.944. The summed E-state index contributed by atoms with van der Waals surface area (Å²) in [6.45, 7) is 5.60. The molecule has 20 nitrogen and oxygen atoms in total. The zero-order valence-electron chi connectivity index (χ0n) is 36.7. The minimum atomic E-state index is -4.47. The van der Waals surface area contributed by atoms with E-state index in [2.05, 4.69) is 34.6 Å². The number of rotatable bonds is 22. The summed E-state index contributed by atoms with van der Waals surface area (Å²) in [4.78, 5) is 17.3. The molecule has 0 radical (unpaired) electrons. The standard InChI is InChI=1S/C44H43N7O13S4/c1-6-42(53)46-38-24-37(48-47-34-15-14-31(65-64-60-5)21-28(34)25-45)43-33(44(38)54)11-8-12-35(43)51-68(57,58)32-10-7-9-30(23-32)62-66(55)49-29-13-16-40(61-18-17-59-4)41(22-29)63-67(56)50-36-19-26(2)27(3)20-39(36)52/h7-16,19-24,49-52,54H,6,17-18H2,1-5H3,(H,46,53). The summed E-state index contributed by atoms with van der Waals surface area (Å²) < 4.78 is 89.1. The van der Waals surface area contributed by atoms with Gasteiger partial charge in [0.25, 0.3) is 10.0 Å². The number of benzene rings is 6. The maximum Gasteiger partial charge on any atom is 0.316 e. The van der Waals surface area contributed by atoms with Crippen LogP contribution in [-0.2, 0) is 51.3 Å². The number of carbonyl (C=O) groups is 1. The lowest BCUT2D eigenvalue weighted by Gasteiger charge is -2.16. The summed E-state index contributed by atoms with van der Waals surface area (Å²) >= 11 is -3.72. The molecule has 6 aromatic rings. The Morgan fingerprint density at radius 1 is 0.809 bits per heavy atom. The Labute approximate surface area is 400 Å². The first-order valence-corrected chi connectivity index (χ1v) is 24.3. The van der Waals surface area contributed by atoms with E-state index in [-0.39, 0.29) is 104 Å². The molecule has 0 spiro atoms. The largest absolute Gasteiger partial charge is 0.506 e. The van der Waals surface area contributed by atoms with Gasteiger partial charge in [-0.1, -0.05) is 25.1 Å². The molecule has 6 aromatic carbocycles. The lowest BCUT2D eigenvalue weighted by atomic mass is 10.0. The lowest BCUT2D eigenvalue weighted by Crippen LogP contribution is -2.15. The van der Waals surface area contributed by atoms with E-state index in [9.17, 15) is 37.1 Å². The third-order valence-corrected chi connectivity index (χ3v) is 12.9. The summed E-state index contributed by atoms with van der Waals surface area (Å²) in [6, 6.07) is 25.0. The minimum Gasteiger partial charge on any atom is -0.506 e. The van der Waals surface area contributed by atoms with Gasteiger partial charge in [0.15, 0.2) is 11.5 Å². The van der Waals surface area contributed by atoms with Crippen LogP contribution >= 0.6 is 12.0 Å². The van der Waals surface area contributed by atoms with Crippen molar-refractivity contribution in [2.45, 2.75) is 37.0 Å². The van der Waals surface area contributed by atoms with E-state index >= 15 is 0 Å². The number of fused-ring (bicyclic) bond motifs is 1. The van der Waals surface area contributed by atoms with Crippen LogP contribution in [0.1, 0.15) is 30.0 Å². The van der Waals surface area contributed by atoms with Gasteiger partial charge in [0, 0.05) is 41.3 Å². The fourth-order valence-corrected chi connectivity index (χ4v) is 8.90. The Balaban J connectivity index is 1.24. The highest BCUT2D eigenvalue weighted by Crippen LogP contribution is 2.44. The zero-order chi connectivity index (χ0) is 49.0. The van der Waals surface area contributed by atoms with Gasteiger partial charge in [-0.05, 0) is 91.7 Å². The van der Waals surface area contributed by atoms with E-state index in [1.54, 1.807) is 19.1 Å². The van der Waals surface area contributed by atoms with Gasteiger partial charge in [-0.2, -0.15) is 18.0 Å². The Kier molecular flexibility index (Phi) is 17.2. The number of anilines is 4. The van der Waals surface area contributed by atoms with Gasteiger partial charge in [-0.15, -0.1) is 10.2 Å². The number of methoxy groups -OCH3 is 1. The normalized spacial score (nSPS) is 12.2. The predicted molar refractivity (Wildman–Crippen MR) is 257 cm³/mol. The van der Waals surface area contributed by atoms with Crippen molar-refractivity contribution in [2.24, 2.45) is 10.2 Å². The lowest BCUT2D eigenvalue weighted by molar-refractivity contribution is -0.160. The number of ether oxygens (including phenoxy) is 2. The number of phenols is 2. The van der Waals surface area contributed by atoms with Crippen molar-refractivity contribution in [3.8, 4) is 34.8 Å². The average Bonchev–Trinajstić information content (AvgIpc) is 3.31. The Bertz CT molecular complexity index is 3080. The summed E-state index contributed by atoms with van der Waals surface area (Å²) in [6.07, 6.45) is 0.0843. The zero-order valence-corrected chi connectivity index (χ0v) is 40.0. The highest BCUT2D eigenvalue weighted by molar-refractivity contribution is 7.94. The number of azo groups is 1. The van der Waals surface area contributed by atoms with E-state index < -0.39 is 38.5 Å². The second-order valence-corrected chi connectivity index (χ2v) is 18.2. The van der Waals surface area contributed by atoms with Crippen LogP contribution in [0.25, 0.3) is 10.8 Å². The molecule has 0 aliphatic rings. The SMILES string of the molecule is CCC(=O)Nc1cc(N=Nc2ccc(SOOC)cc2C#N)c2c(NS(=O)(=O)c3cccc(OS(=O)Nc4ccc(OCCOC)c(OS(=O)Nc5cc(C)c(C)cc5O)c4)c3)cccc2c1O. The molecule has 356 valence electrons. The van der Waals surface area contributed by atoms with Crippen molar-refractivity contribution in [2.75, 3.05) is 46.9 Å². The predicted octanol–water partition coefficient (Wildman–Crippen LogP) is 9.05. The maximum absolute atomic E-state index is 14.0. The molecule has 24 heteroatoms. The first-order valence-electron chi connectivity index (χ1n) is 20.0. The van der Waals surface area contributed by atoms with Gasteiger partial charge in [0.1, 0.15) is 35.6 Å². The van der Waals surface area contributed by atoms with Gasteiger partial charge >= 0.3 is 22.5 Å². The summed E-state index contributed by atoms with van der Waals surface area (Å²) in [5, 5.41) is 43.0. The Morgan fingerprint density at radius 2 is 1.56 bits per heavy atom. The number of hydrogen-bond donors (Lipinski definition) is 6.